The van der Waals surface area contributed by atoms with Crippen molar-refractivity contribution in [3.63, 3.8) is 0 Å². The standard InChI is InChI=1S/C19H26N4O3/c1-13(2)16(23-8-10-26-11-9-23)12-20-18(24)17-14-6-4-5-7-15(14)19(25)22(3)21-17/h4-7,13,16H,8-12H2,1-3H3,(H,20,24). The molecule has 1 aromatic carbocycles. The van der Waals surface area contributed by atoms with E-state index in [4.69, 9.17) is 4.74 Å². The lowest BCUT2D eigenvalue weighted by molar-refractivity contribution is 0.00671. The Bertz CT molecular complexity index is 840. The number of carbonyl (C=O) groups excluding carboxylic acids is 1. The molecule has 1 N–H and O–H groups in total. The van der Waals surface area contributed by atoms with Gasteiger partial charge in [-0.15, -0.1) is 0 Å². The van der Waals surface area contributed by atoms with Crippen molar-refractivity contribution in [2.75, 3.05) is 32.8 Å². The van der Waals surface area contributed by atoms with Gasteiger partial charge in [0.2, 0.25) is 0 Å². The van der Waals surface area contributed by atoms with E-state index in [0.717, 1.165) is 26.3 Å². The van der Waals surface area contributed by atoms with E-state index in [-0.39, 0.29) is 23.2 Å². The molecule has 1 saturated heterocycles. The van der Waals surface area contributed by atoms with Crippen molar-refractivity contribution in [1.29, 1.82) is 0 Å². The molecule has 0 spiro atoms. The van der Waals surface area contributed by atoms with E-state index in [0.29, 0.717) is 23.2 Å². The molecule has 1 atom stereocenters. The van der Waals surface area contributed by atoms with Crippen LogP contribution in [-0.2, 0) is 11.8 Å². The summed E-state index contributed by atoms with van der Waals surface area (Å²) in [6.07, 6.45) is 0. The molecule has 3 rings (SSSR count). The topological polar surface area (TPSA) is 76.5 Å². The molecule has 140 valence electrons. The maximum atomic E-state index is 12.8. The van der Waals surface area contributed by atoms with Crippen molar-refractivity contribution in [2.45, 2.75) is 19.9 Å². The fourth-order valence-electron chi connectivity index (χ4n) is 3.44. The van der Waals surface area contributed by atoms with E-state index in [9.17, 15) is 9.59 Å². The van der Waals surface area contributed by atoms with Gasteiger partial charge in [0.1, 0.15) is 0 Å². The Morgan fingerprint density at radius 2 is 1.88 bits per heavy atom. The minimum Gasteiger partial charge on any atom is -0.379 e. The zero-order chi connectivity index (χ0) is 18.7. The first kappa shape index (κ1) is 18.5. The zero-order valence-electron chi connectivity index (χ0n) is 15.6. The van der Waals surface area contributed by atoms with Gasteiger partial charge < -0.3 is 10.1 Å². The molecule has 2 heterocycles. The number of nitrogens with zero attached hydrogens (tertiary/aromatic N) is 3. The van der Waals surface area contributed by atoms with Crippen LogP contribution in [0.3, 0.4) is 0 Å². The Kier molecular flexibility index (Phi) is 5.68. The van der Waals surface area contributed by atoms with Crippen LogP contribution in [0.2, 0.25) is 0 Å². The monoisotopic (exact) mass is 358 g/mol. The number of fused-ring (bicyclic) bond motifs is 1. The van der Waals surface area contributed by atoms with Crippen LogP contribution in [0.4, 0.5) is 0 Å². The van der Waals surface area contributed by atoms with Crippen molar-refractivity contribution in [1.82, 2.24) is 20.0 Å². The van der Waals surface area contributed by atoms with Gasteiger partial charge in [0.25, 0.3) is 11.5 Å². The molecule has 26 heavy (non-hydrogen) atoms. The van der Waals surface area contributed by atoms with Crippen molar-refractivity contribution < 1.29 is 9.53 Å². The summed E-state index contributed by atoms with van der Waals surface area (Å²) in [6.45, 7) is 8.06. The van der Waals surface area contributed by atoms with E-state index in [1.165, 1.54) is 4.68 Å². The second-order valence-corrected chi connectivity index (χ2v) is 6.99. The smallest absolute Gasteiger partial charge is 0.274 e. The zero-order valence-corrected chi connectivity index (χ0v) is 15.6. The number of ether oxygens (including phenoxy) is 1. The fourth-order valence-corrected chi connectivity index (χ4v) is 3.44. The molecule has 1 aliphatic rings. The predicted molar refractivity (Wildman–Crippen MR) is 100 cm³/mol. The van der Waals surface area contributed by atoms with Gasteiger partial charge in [-0.3, -0.25) is 14.5 Å². The normalized spacial score (nSPS) is 16.8. The molecule has 7 heteroatoms. The van der Waals surface area contributed by atoms with Gasteiger partial charge in [-0.05, 0) is 12.0 Å². The summed E-state index contributed by atoms with van der Waals surface area (Å²) in [7, 11) is 1.57. The average Bonchev–Trinajstić information content (AvgIpc) is 2.65. The van der Waals surface area contributed by atoms with Gasteiger partial charge in [-0.25, -0.2) is 4.68 Å². The van der Waals surface area contributed by atoms with Crippen LogP contribution in [-0.4, -0.2) is 59.5 Å². The van der Waals surface area contributed by atoms with E-state index in [2.05, 4.69) is 29.2 Å². The number of nitrogens with one attached hydrogen (secondary N) is 1. The minimum absolute atomic E-state index is 0.203. The molecular weight excluding hydrogens is 332 g/mol. The Labute approximate surface area is 152 Å². The Hall–Kier alpha value is -2.25. The summed E-state index contributed by atoms with van der Waals surface area (Å²) in [5.41, 5.74) is 0.0812. The Balaban J connectivity index is 1.80. The van der Waals surface area contributed by atoms with Crippen LogP contribution in [0.25, 0.3) is 10.8 Å². The lowest BCUT2D eigenvalue weighted by Crippen LogP contribution is -2.51. The Morgan fingerprint density at radius 3 is 2.54 bits per heavy atom. The predicted octanol–water partition coefficient (Wildman–Crippen LogP) is 1.02. The molecule has 0 bridgehead atoms. The molecule has 1 aliphatic heterocycles. The molecule has 7 nitrogen and oxygen atoms in total. The van der Waals surface area contributed by atoms with E-state index in [1.807, 2.05) is 6.07 Å². The van der Waals surface area contributed by atoms with Gasteiger partial charge in [-0.1, -0.05) is 32.0 Å². The van der Waals surface area contributed by atoms with E-state index in [1.54, 1.807) is 25.2 Å². The quantitative estimate of drug-likeness (QED) is 0.864. The summed E-state index contributed by atoms with van der Waals surface area (Å²) in [5.74, 6) is 0.147. The Morgan fingerprint density at radius 1 is 1.23 bits per heavy atom. The summed E-state index contributed by atoms with van der Waals surface area (Å²) < 4.78 is 6.65. The first-order valence-electron chi connectivity index (χ1n) is 9.05. The molecule has 0 saturated carbocycles. The van der Waals surface area contributed by atoms with Crippen molar-refractivity contribution in [3.05, 3.63) is 40.3 Å². The third-order valence-corrected chi connectivity index (χ3v) is 4.93. The maximum Gasteiger partial charge on any atom is 0.274 e. The highest BCUT2D eigenvalue weighted by molar-refractivity contribution is 6.04. The van der Waals surface area contributed by atoms with Crippen LogP contribution < -0.4 is 10.9 Å². The number of carbonyl (C=O) groups is 1. The first-order valence-corrected chi connectivity index (χ1v) is 9.05. The number of benzene rings is 1. The number of aryl methyl sites for hydroxylation is 1. The SMILES string of the molecule is CC(C)C(CNC(=O)c1nn(C)c(=O)c2ccccc12)N1CCOCC1. The van der Waals surface area contributed by atoms with Gasteiger partial charge in [0, 0.05) is 38.1 Å². The van der Waals surface area contributed by atoms with Crippen LogP contribution >= 0.6 is 0 Å². The molecule has 1 fully saturated rings. The number of amides is 1. The molecule has 0 aliphatic carbocycles. The summed E-state index contributed by atoms with van der Waals surface area (Å²) in [4.78, 5) is 27.4. The van der Waals surface area contributed by atoms with Crippen LogP contribution in [0.15, 0.2) is 29.1 Å². The summed E-state index contributed by atoms with van der Waals surface area (Å²) >= 11 is 0. The lowest BCUT2D eigenvalue weighted by atomic mass is 10.0. The maximum absolute atomic E-state index is 12.8. The van der Waals surface area contributed by atoms with Crippen LogP contribution in [0, 0.1) is 5.92 Å². The largest absolute Gasteiger partial charge is 0.379 e. The van der Waals surface area contributed by atoms with Gasteiger partial charge >= 0.3 is 0 Å². The van der Waals surface area contributed by atoms with E-state index >= 15 is 0 Å². The summed E-state index contributed by atoms with van der Waals surface area (Å²) in [5, 5.41) is 8.30. The minimum atomic E-state index is -0.254. The van der Waals surface area contributed by atoms with Gasteiger partial charge in [0.15, 0.2) is 5.69 Å². The van der Waals surface area contributed by atoms with Crippen LogP contribution in [0.1, 0.15) is 24.3 Å². The number of aromatic nitrogens is 2. The third-order valence-electron chi connectivity index (χ3n) is 4.93. The van der Waals surface area contributed by atoms with Gasteiger partial charge in [0.05, 0.1) is 18.6 Å². The van der Waals surface area contributed by atoms with Crippen molar-refractivity contribution in [2.24, 2.45) is 13.0 Å². The van der Waals surface area contributed by atoms with Crippen molar-refractivity contribution >= 4 is 16.7 Å². The number of hydrogen-bond donors (Lipinski definition) is 1. The first-order chi connectivity index (χ1) is 12.5. The molecule has 1 amide bonds. The lowest BCUT2D eigenvalue weighted by Gasteiger charge is -2.36. The second-order valence-electron chi connectivity index (χ2n) is 6.99. The molecule has 0 radical (unpaired) electrons. The number of hydrogen-bond acceptors (Lipinski definition) is 5. The van der Waals surface area contributed by atoms with Gasteiger partial charge in [-0.2, -0.15) is 5.10 Å². The number of rotatable bonds is 5. The molecule has 2 aromatic rings. The highest BCUT2D eigenvalue weighted by Crippen LogP contribution is 2.15. The fraction of sp³-hybridized carbons (Fsp3) is 0.526. The third kappa shape index (κ3) is 3.78. The van der Waals surface area contributed by atoms with Crippen molar-refractivity contribution in [3.8, 4) is 0 Å². The molecule has 1 unspecified atom stereocenters. The molecular formula is C19H26N4O3. The second kappa shape index (κ2) is 7.97. The van der Waals surface area contributed by atoms with Crippen LogP contribution in [0.5, 0.6) is 0 Å². The molecule has 1 aromatic heterocycles. The van der Waals surface area contributed by atoms with E-state index < -0.39 is 0 Å². The number of morpholine rings is 1. The highest BCUT2D eigenvalue weighted by atomic mass is 16.5. The summed E-state index contributed by atoms with van der Waals surface area (Å²) in [6, 6.07) is 7.33. The highest BCUT2D eigenvalue weighted by Gasteiger charge is 2.25. The average molecular weight is 358 g/mol.